The van der Waals surface area contributed by atoms with Crippen molar-refractivity contribution in [3.8, 4) is 0 Å². The summed E-state index contributed by atoms with van der Waals surface area (Å²) in [4.78, 5) is 39.4. The summed E-state index contributed by atoms with van der Waals surface area (Å²) in [6.07, 6.45) is 2.22. The number of nitrogens with zero attached hydrogens (tertiary/aromatic N) is 5. The number of fused-ring (bicyclic) bond motifs is 3. The van der Waals surface area contributed by atoms with E-state index in [2.05, 4.69) is 15.6 Å². The van der Waals surface area contributed by atoms with Crippen LogP contribution in [0, 0.1) is 0 Å². The van der Waals surface area contributed by atoms with Crippen LogP contribution in [0.2, 0.25) is 0 Å². The summed E-state index contributed by atoms with van der Waals surface area (Å²) in [7, 11) is 0. The number of ether oxygens (including phenoxy) is 1. The summed E-state index contributed by atoms with van der Waals surface area (Å²) in [5, 5.41) is 10.6. The Morgan fingerprint density at radius 2 is 2.24 bits per heavy atom. The molecule has 2 saturated heterocycles. The summed E-state index contributed by atoms with van der Waals surface area (Å²) >= 11 is 0. The Bertz CT molecular complexity index is 744. The lowest BCUT2D eigenvalue weighted by atomic mass is 10.00. The number of carbonyl (C=O) groups is 3. The highest BCUT2D eigenvalue weighted by molar-refractivity contribution is 6.08. The molecule has 0 unspecified atom stereocenters. The first-order valence-electron chi connectivity index (χ1n) is 8.29. The van der Waals surface area contributed by atoms with E-state index in [0.717, 1.165) is 10.6 Å². The van der Waals surface area contributed by atoms with Gasteiger partial charge in [-0.1, -0.05) is 5.21 Å². The molecule has 0 bridgehead atoms. The van der Waals surface area contributed by atoms with Crippen LogP contribution >= 0.6 is 0 Å². The van der Waals surface area contributed by atoms with Crippen LogP contribution in [0.5, 0.6) is 0 Å². The SMILES string of the molecule is CC1(C)NC(=O)N(CC(=O)N2CC[C@H]3[C@H](C2)OCc2cnnn23)C1=O. The smallest absolute Gasteiger partial charge is 0.325 e. The molecule has 3 aliphatic rings. The largest absolute Gasteiger partial charge is 0.368 e. The lowest BCUT2D eigenvalue weighted by Crippen LogP contribution is -2.53. The Morgan fingerprint density at radius 1 is 1.44 bits per heavy atom. The first-order valence-corrected chi connectivity index (χ1v) is 8.29. The zero-order valence-electron chi connectivity index (χ0n) is 14.1. The Labute approximate surface area is 144 Å². The van der Waals surface area contributed by atoms with Crippen LogP contribution in [0.15, 0.2) is 6.20 Å². The van der Waals surface area contributed by atoms with Crippen molar-refractivity contribution in [3.05, 3.63) is 11.9 Å². The van der Waals surface area contributed by atoms with Gasteiger partial charge in [-0.3, -0.25) is 14.5 Å². The first-order chi connectivity index (χ1) is 11.9. The maximum atomic E-state index is 12.6. The van der Waals surface area contributed by atoms with Crippen LogP contribution in [-0.4, -0.2) is 73.9 Å². The lowest BCUT2D eigenvalue weighted by Gasteiger charge is -2.41. The Kier molecular flexibility index (Phi) is 3.53. The molecule has 10 heteroatoms. The van der Waals surface area contributed by atoms with E-state index in [-0.39, 0.29) is 30.5 Å². The molecular formula is C15H20N6O4. The molecule has 2 fully saturated rings. The molecule has 0 saturated carbocycles. The van der Waals surface area contributed by atoms with E-state index in [1.165, 1.54) is 0 Å². The fourth-order valence-electron chi connectivity index (χ4n) is 3.61. The molecule has 3 aliphatic heterocycles. The Hall–Kier alpha value is -2.49. The molecule has 0 spiro atoms. The maximum absolute atomic E-state index is 12.6. The zero-order chi connectivity index (χ0) is 17.8. The molecule has 4 heterocycles. The van der Waals surface area contributed by atoms with Crippen LogP contribution in [0.3, 0.4) is 0 Å². The average Bonchev–Trinajstić information content (AvgIpc) is 3.13. The molecule has 2 atom stereocenters. The number of hydrogen-bond acceptors (Lipinski definition) is 6. The topological polar surface area (TPSA) is 110 Å². The monoisotopic (exact) mass is 348 g/mol. The minimum absolute atomic E-state index is 0.0611. The molecule has 4 amide bonds. The maximum Gasteiger partial charge on any atom is 0.325 e. The van der Waals surface area contributed by atoms with Gasteiger partial charge in [0.2, 0.25) is 5.91 Å². The number of likely N-dealkylation sites (tertiary alicyclic amines) is 1. The van der Waals surface area contributed by atoms with E-state index in [4.69, 9.17) is 4.74 Å². The minimum atomic E-state index is -0.972. The average molecular weight is 348 g/mol. The van der Waals surface area contributed by atoms with Gasteiger partial charge in [0.05, 0.1) is 30.6 Å². The van der Waals surface area contributed by atoms with E-state index >= 15 is 0 Å². The van der Waals surface area contributed by atoms with Gasteiger partial charge < -0.3 is 15.0 Å². The standard InChI is InChI=1S/C15H20N6O4/c1-15(2)13(23)20(14(24)17-15)7-12(22)19-4-3-10-11(6-19)25-8-9-5-16-18-21(9)10/h5,10-11H,3-4,6-8H2,1-2H3,(H,17,24)/t10-,11-/m0/s1. The van der Waals surface area contributed by atoms with Gasteiger partial charge >= 0.3 is 6.03 Å². The van der Waals surface area contributed by atoms with E-state index in [1.54, 1.807) is 24.9 Å². The quantitative estimate of drug-likeness (QED) is 0.707. The number of hydrogen-bond donors (Lipinski definition) is 1. The highest BCUT2D eigenvalue weighted by atomic mass is 16.5. The van der Waals surface area contributed by atoms with Crippen molar-refractivity contribution >= 4 is 17.8 Å². The molecule has 1 aromatic rings. The molecule has 10 nitrogen and oxygen atoms in total. The van der Waals surface area contributed by atoms with Crippen molar-refractivity contribution in [2.45, 2.75) is 44.6 Å². The van der Waals surface area contributed by atoms with Gasteiger partial charge in [0, 0.05) is 13.1 Å². The number of rotatable bonds is 2. The van der Waals surface area contributed by atoms with Crippen molar-refractivity contribution in [1.82, 2.24) is 30.1 Å². The summed E-state index contributed by atoms with van der Waals surface area (Å²) in [5.74, 6) is -0.644. The predicted molar refractivity (Wildman–Crippen MR) is 83.2 cm³/mol. The fourth-order valence-corrected chi connectivity index (χ4v) is 3.61. The van der Waals surface area contributed by atoms with Gasteiger partial charge in [-0.25, -0.2) is 9.48 Å². The molecule has 134 valence electrons. The number of piperidine rings is 1. The van der Waals surface area contributed by atoms with Crippen LogP contribution in [0.4, 0.5) is 4.79 Å². The Balaban J connectivity index is 1.42. The second kappa shape index (κ2) is 5.51. The minimum Gasteiger partial charge on any atom is -0.368 e. The fraction of sp³-hybridized carbons (Fsp3) is 0.667. The predicted octanol–water partition coefficient (Wildman–Crippen LogP) is -0.719. The zero-order valence-corrected chi connectivity index (χ0v) is 14.1. The molecule has 1 N–H and O–H groups in total. The number of nitrogens with one attached hydrogen (secondary N) is 1. The molecule has 1 aromatic heterocycles. The number of imide groups is 1. The summed E-state index contributed by atoms with van der Waals surface area (Å²) in [6.45, 7) is 4.34. The van der Waals surface area contributed by atoms with Crippen molar-refractivity contribution < 1.29 is 19.1 Å². The van der Waals surface area contributed by atoms with Crippen molar-refractivity contribution in [2.24, 2.45) is 0 Å². The summed E-state index contributed by atoms with van der Waals surface area (Å²) in [5.41, 5.74) is -0.0389. The molecule has 25 heavy (non-hydrogen) atoms. The number of amides is 4. The van der Waals surface area contributed by atoms with E-state index in [1.807, 2.05) is 4.68 Å². The third-order valence-electron chi connectivity index (χ3n) is 5.02. The molecule has 0 radical (unpaired) electrons. The lowest BCUT2D eigenvalue weighted by molar-refractivity contribution is -0.143. The second-order valence-corrected chi connectivity index (χ2v) is 7.16. The van der Waals surface area contributed by atoms with Crippen LogP contribution in [-0.2, 0) is 20.9 Å². The van der Waals surface area contributed by atoms with Crippen molar-refractivity contribution in [2.75, 3.05) is 19.6 Å². The molecule has 0 aliphatic carbocycles. The molecule has 0 aromatic carbocycles. The van der Waals surface area contributed by atoms with Crippen LogP contribution in [0.25, 0.3) is 0 Å². The van der Waals surface area contributed by atoms with Gasteiger partial charge in [-0.2, -0.15) is 0 Å². The van der Waals surface area contributed by atoms with E-state index in [9.17, 15) is 14.4 Å². The molecule has 4 rings (SSSR count). The number of aromatic nitrogens is 3. The van der Waals surface area contributed by atoms with Gasteiger partial charge in [0.15, 0.2) is 0 Å². The Morgan fingerprint density at radius 3 is 2.96 bits per heavy atom. The first kappa shape index (κ1) is 16.0. The van der Waals surface area contributed by atoms with Crippen LogP contribution in [0.1, 0.15) is 32.0 Å². The van der Waals surface area contributed by atoms with E-state index in [0.29, 0.717) is 26.1 Å². The normalized spacial score (nSPS) is 27.8. The highest BCUT2D eigenvalue weighted by Crippen LogP contribution is 2.30. The van der Waals surface area contributed by atoms with Gasteiger partial charge in [0.1, 0.15) is 12.1 Å². The third-order valence-corrected chi connectivity index (χ3v) is 5.02. The highest BCUT2D eigenvalue weighted by Gasteiger charge is 2.46. The van der Waals surface area contributed by atoms with Gasteiger partial charge in [-0.15, -0.1) is 5.10 Å². The van der Waals surface area contributed by atoms with Crippen LogP contribution < -0.4 is 5.32 Å². The number of carbonyl (C=O) groups excluding carboxylic acids is 3. The van der Waals surface area contributed by atoms with Crippen molar-refractivity contribution in [1.29, 1.82) is 0 Å². The summed E-state index contributed by atoms with van der Waals surface area (Å²) < 4.78 is 7.71. The van der Waals surface area contributed by atoms with Gasteiger partial charge in [-0.05, 0) is 20.3 Å². The van der Waals surface area contributed by atoms with Gasteiger partial charge in [0.25, 0.3) is 5.91 Å². The second-order valence-electron chi connectivity index (χ2n) is 7.16. The molecular weight excluding hydrogens is 328 g/mol. The summed E-state index contributed by atoms with van der Waals surface area (Å²) in [6, 6.07) is -0.467. The third kappa shape index (κ3) is 2.56. The van der Waals surface area contributed by atoms with E-state index < -0.39 is 11.6 Å². The number of urea groups is 1. The van der Waals surface area contributed by atoms with Crippen molar-refractivity contribution in [3.63, 3.8) is 0 Å².